The second kappa shape index (κ2) is 5.98. The average molecular weight is 269 g/mol. The van der Waals surface area contributed by atoms with E-state index >= 15 is 0 Å². The van der Waals surface area contributed by atoms with E-state index in [0.29, 0.717) is 17.7 Å². The summed E-state index contributed by atoms with van der Waals surface area (Å²) in [7, 11) is 0. The van der Waals surface area contributed by atoms with Gasteiger partial charge < -0.3 is 4.74 Å². The summed E-state index contributed by atoms with van der Waals surface area (Å²) in [4.78, 5) is 9.15. The van der Waals surface area contributed by atoms with E-state index in [2.05, 4.69) is 18.8 Å². The predicted molar refractivity (Wildman–Crippen MR) is 72.9 cm³/mol. The molecule has 0 amide bonds. The van der Waals surface area contributed by atoms with Crippen molar-refractivity contribution in [3.63, 3.8) is 0 Å². The minimum Gasteiger partial charge on any atom is -0.370 e. The minimum atomic E-state index is -0.0558. The van der Waals surface area contributed by atoms with Gasteiger partial charge in [0, 0.05) is 17.9 Å². The number of halogens is 1. The highest BCUT2D eigenvalue weighted by molar-refractivity contribution is 6.30. The summed E-state index contributed by atoms with van der Waals surface area (Å²) >= 11 is 6.29. The molecular weight excluding hydrogens is 248 g/mol. The largest absolute Gasteiger partial charge is 0.370 e. The minimum absolute atomic E-state index is 0.0558. The van der Waals surface area contributed by atoms with Crippen molar-refractivity contribution in [3.8, 4) is 0 Å². The molecule has 0 saturated carbocycles. The Labute approximate surface area is 114 Å². The molecule has 2 rings (SSSR count). The lowest BCUT2D eigenvalue weighted by Crippen LogP contribution is -2.18. The summed E-state index contributed by atoms with van der Waals surface area (Å²) in [6, 6.07) is 0. The second-order valence-electron chi connectivity index (χ2n) is 5.12. The number of aryl methyl sites for hydroxylation is 1. The normalized spacial score (nSPS) is 16.7. The molecule has 1 unspecified atom stereocenters. The first-order valence-electron chi connectivity index (χ1n) is 6.80. The molecule has 0 saturated heterocycles. The molecule has 1 aromatic rings. The Bertz CT molecular complexity index is 421. The molecule has 3 nitrogen and oxygen atoms in total. The summed E-state index contributed by atoms with van der Waals surface area (Å²) in [5.74, 6) is 1.10. The number of hydrogen-bond donors (Lipinski definition) is 0. The molecule has 1 aromatic heterocycles. The highest BCUT2D eigenvalue weighted by atomic mass is 35.5. The van der Waals surface area contributed by atoms with Gasteiger partial charge in [0.25, 0.3) is 0 Å². The Morgan fingerprint density at radius 1 is 1.22 bits per heavy atom. The smallest absolute Gasteiger partial charge is 0.159 e. The Morgan fingerprint density at radius 2 is 1.94 bits per heavy atom. The van der Waals surface area contributed by atoms with Gasteiger partial charge in [-0.2, -0.15) is 0 Å². The van der Waals surface area contributed by atoms with Crippen LogP contribution in [0, 0.1) is 5.92 Å². The van der Waals surface area contributed by atoms with E-state index in [-0.39, 0.29) is 6.10 Å². The highest BCUT2D eigenvalue weighted by Gasteiger charge is 2.23. The fraction of sp³-hybridized carbons (Fsp3) is 0.714. The highest BCUT2D eigenvalue weighted by Crippen LogP contribution is 2.29. The number of hydrogen-bond acceptors (Lipinski definition) is 3. The van der Waals surface area contributed by atoms with Crippen molar-refractivity contribution in [2.24, 2.45) is 5.92 Å². The molecule has 0 spiro atoms. The third kappa shape index (κ3) is 2.83. The Kier molecular flexibility index (Phi) is 4.57. The van der Waals surface area contributed by atoms with Crippen molar-refractivity contribution in [1.82, 2.24) is 9.97 Å². The van der Waals surface area contributed by atoms with Crippen LogP contribution in [0.2, 0.25) is 5.15 Å². The van der Waals surface area contributed by atoms with Gasteiger partial charge in [-0.3, -0.25) is 0 Å². The molecule has 18 heavy (non-hydrogen) atoms. The topological polar surface area (TPSA) is 35.0 Å². The number of nitrogens with zero attached hydrogens (tertiary/aromatic N) is 2. The summed E-state index contributed by atoms with van der Waals surface area (Å²) < 4.78 is 5.75. The van der Waals surface area contributed by atoms with Crippen LogP contribution >= 0.6 is 11.6 Å². The first-order chi connectivity index (χ1) is 8.63. The van der Waals surface area contributed by atoms with Crippen LogP contribution in [0.3, 0.4) is 0 Å². The van der Waals surface area contributed by atoms with Crippen LogP contribution in [0.4, 0.5) is 0 Å². The van der Waals surface area contributed by atoms with Crippen molar-refractivity contribution >= 4 is 11.6 Å². The van der Waals surface area contributed by atoms with Crippen LogP contribution in [0.1, 0.15) is 56.8 Å². The van der Waals surface area contributed by atoms with E-state index in [4.69, 9.17) is 21.3 Å². The van der Waals surface area contributed by atoms with Crippen LogP contribution in [0.25, 0.3) is 0 Å². The quantitative estimate of drug-likeness (QED) is 0.780. The zero-order valence-electron chi connectivity index (χ0n) is 11.4. The van der Waals surface area contributed by atoms with Gasteiger partial charge in [0.2, 0.25) is 0 Å². The SMILES string of the molecule is CCOC(c1nc(Cl)c2c(n1)CCCC2)C(C)C. The van der Waals surface area contributed by atoms with Gasteiger partial charge in [0.15, 0.2) is 5.82 Å². The van der Waals surface area contributed by atoms with Crippen LogP contribution in [0.5, 0.6) is 0 Å². The molecule has 0 radical (unpaired) electrons. The van der Waals surface area contributed by atoms with Gasteiger partial charge in [-0.1, -0.05) is 25.4 Å². The fourth-order valence-corrected chi connectivity index (χ4v) is 2.73. The summed E-state index contributed by atoms with van der Waals surface area (Å²) in [5.41, 5.74) is 2.27. The maximum Gasteiger partial charge on any atom is 0.159 e. The number of aromatic nitrogens is 2. The fourth-order valence-electron chi connectivity index (χ4n) is 2.44. The van der Waals surface area contributed by atoms with Gasteiger partial charge >= 0.3 is 0 Å². The molecule has 1 heterocycles. The summed E-state index contributed by atoms with van der Waals surface area (Å²) in [5, 5.41) is 0.625. The van der Waals surface area contributed by atoms with Crippen LogP contribution in [-0.4, -0.2) is 16.6 Å². The molecule has 1 atom stereocenters. The van der Waals surface area contributed by atoms with Crippen molar-refractivity contribution in [3.05, 3.63) is 22.2 Å². The van der Waals surface area contributed by atoms with Gasteiger partial charge in [-0.05, 0) is 38.5 Å². The third-order valence-corrected chi connectivity index (χ3v) is 3.67. The van der Waals surface area contributed by atoms with E-state index in [1.165, 1.54) is 12.8 Å². The van der Waals surface area contributed by atoms with E-state index in [1.807, 2.05) is 6.92 Å². The summed E-state index contributed by atoms with van der Waals surface area (Å²) in [6.45, 7) is 6.91. The van der Waals surface area contributed by atoms with Gasteiger partial charge in [-0.25, -0.2) is 9.97 Å². The van der Waals surface area contributed by atoms with E-state index in [0.717, 1.165) is 29.9 Å². The molecule has 1 aliphatic rings. The third-order valence-electron chi connectivity index (χ3n) is 3.36. The molecule has 0 fully saturated rings. The Hall–Kier alpha value is -0.670. The Balaban J connectivity index is 2.35. The molecule has 4 heteroatoms. The van der Waals surface area contributed by atoms with Crippen LogP contribution in [-0.2, 0) is 17.6 Å². The molecule has 0 aliphatic heterocycles. The van der Waals surface area contributed by atoms with Gasteiger partial charge in [0.1, 0.15) is 11.3 Å². The lowest BCUT2D eigenvalue weighted by atomic mass is 9.97. The van der Waals surface area contributed by atoms with Crippen molar-refractivity contribution in [1.29, 1.82) is 0 Å². The zero-order chi connectivity index (χ0) is 13.1. The first kappa shape index (κ1) is 13.8. The molecule has 1 aliphatic carbocycles. The van der Waals surface area contributed by atoms with Crippen molar-refractivity contribution in [2.45, 2.75) is 52.6 Å². The number of fused-ring (bicyclic) bond motifs is 1. The molecule has 0 N–H and O–H groups in total. The second-order valence-corrected chi connectivity index (χ2v) is 5.48. The van der Waals surface area contributed by atoms with Crippen LogP contribution in [0.15, 0.2) is 0 Å². The number of ether oxygens (including phenoxy) is 1. The molecule has 0 aromatic carbocycles. The predicted octanol–water partition coefficient (Wildman–Crippen LogP) is 3.74. The summed E-state index contributed by atoms with van der Waals surface area (Å²) in [6.07, 6.45) is 4.35. The van der Waals surface area contributed by atoms with Gasteiger partial charge in [0.05, 0.1) is 0 Å². The van der Waals surface area contributed by atoms with Crippen LogP contribution < -0.4 is 0 Å². The molecule has 0 bridgehead atoms. The Morgan fingerprint density at radius 3 is 2.61 bits per heavy atom. The first-order valence-corrected chi connectivity index (χ1v) is 7.18. The average Bonchev–Trinajstić information content (AvgIpc) is 2.35. The molecular formula is C14H21ClN2O. The van der Waals surface area contributed by atoms with Gasteiger partial charge in [-0.15, -0.1) is 0 Å². The molecule has 100 valence electrons. The standard InChI is InChI=1S/C14H21ClN2O/c1-4-18-12(9(2)3)14-16-11-8-6-5-7-10(11)13(15)17-14/h9,12H,4-8H2,1-3H3. The number of rotatable bonds is 4. The van der Waals surface area contributed by atoms with Crippen molar-refractivity contribution in [2.75, 3.05) is 6.61 Å². The lowest BCUT2D eigenvalue weighted by Gasteiger charge is -2.22. The maximum atomic E-state index is 6.29. The van der Waals surface area contributed by atoms with Crippen molar-refractivity contribution < 1.29 is 4.74 Å². The lowest BCUT2D eigenvalue weighted by molar-refractivity contribution is 0.0230. The maximum absolute atomic E-state index is 6.29. The van der Waals surface area contributed by atoms with E-state index in [1.54, 1.807) is 0 Å². The van der Waals surface area contributed by atoms with E-state index < -0.39 is 0 Å². The van der Waals surface area contributed by atoms with E-state index in [9.17, 15) is 0 Å². The monoisotopic (exact) mass is 268 g/mol. The zero-order valence-corrected chi connectivity index (χ0v) is 12.1.